The highest BCUT2D eigenvalue weighted by molar-refractivity contribution is 5.71. The first-order valence-electron chi connectivity index (χ1n) is 10.9. The summed E-state index contributed by atoms with van der Waals surface area (Å²) < 4.78 is 5.28. The van der Waals surface area contributed by atoms with Gasteiger partial charge in [-0.15, -0.1) is 0 Å². The van der Waals surface area contributed by atoms with Gasteiger partial charge in [-0.1, -0.05) is 48.5 Å². The third-order valence-corrected chi connectivity index (χ3v) is 5.60. The SMILES string of the molecule is COc1ccc(-c2cncc(-c3cc(C(N)c4cccnc4)nc(-c4ccccc4)n3)c2)cc1. The molecule has 0 aliphatic rings. The van der Waals surface area contributed by atoms with Crippen molar-refractivity contribution in [1.29, 1.82) is 0 Å². The van der Waals surface area contributed by atoms with Crippen molar-refractivity contribution < 1.29 is 4.74 Å². The molecule has 6 heteroatoms. The van der Waals surface area contributed by atoms with Crippen LogP contribution in [0.2, 0.25) is 0 Å². The summed E-state index contributed by atoms with van der Waals surface area (Å²) in [6.45, 7) is 0. The van der Waals surface area contributed by atoms with Crippen molar-refractivity contribution >= 4 is 0 Å². The average Bonchev–Trinajstić information content (AvgIpc) is 2.93. The van der Waals surface area contributed by atoms with Crippen LogP contribution in [0.15, 0.2) is 104 Å². The van der Waals surface area contributed by atoms with Crippen molar-refractivity contribution in [2.45, 2.75) is 6.04 Å². The van der Waals surface area contributed by atoms with Crippen LogP contribution in [0, 0.1) is 0 Å². The Balaban J connectivity index is 1.60. The van der Waals surface area contributed by atoms with Crippen molar-refractivity contribution in [3.63, 3.8) is 0 Å². The van der Waals surface area contributed by atoms with Gasteiger partial charge < -0.3 is 10.5 Å². The van der Waals surface area contributed by atoms with Gasteiger partial charge in [-0.25, -0.2) is 9.97 Å². The number of rotatable bonds is 6. The second-order valence-corrected chi connectivity index (χ2v) is 7.82. The number of nitrogens with zero attached hydrogens (tertiary/aromatic N) is 4. The van der Waals surface area contributed by atoms with Crippen LogP contribution in [-0.2, 0) is 0 Å². The molecule has 5 aromatic rings. The lowest BCUT2D eigenvalue weighted by Gasteiger charge is -2.15. The van der Waals surface area contributed by atoms with Crippen LogP contribution in [-0.4, -0.2) is 27.0 Å². The summed E-state index contributed by atoms with van der Waals surface area (Å²) in [4.78, 5) is 18.4. The highest BCUT2D eigenvalue weighted by Gasteiger charge is 2.16. The van der Waals surface area contributed by atoms with E-state index in [0.717, 1.165) is 39.3 Å². The Morgan fingerprint density at radius 1 is 0.706 bits per heavy atom. The van der Waals surface area contributed by atoms with Gasteiger partial charge in [-0.2, -0.15) is 0 Å². The molecule has 2 N–H and O–H groups in total. The van der Waals surface area contributed by atoms with E-state index in [-0.39, 0.29) is 0 Å². The Kier molecular flexibility index (Phi) is 6.05. The molecule has 0 bridgehead atoms. The Hall–Kier alpha value is -4.42. The molecule has 0 aliphatic carbocycles. The van der Waals surface area contributed by atoms with Crippen LogP contribution in [0.25, 0.3) is 33.8 Å². The van der Waals surface area contributed by atoms with Crippen LogP contribution < -0.4 is 10.5 Å². The molecule has 0 saturated carbocycles. The second kappa shape index (κ2) is 9.60. The fourth-order valence-corrected chi connectivity index (χ4v) is 3.74. The van der Waals surface area contributed by atoms with Crippen molar-refractivity contribution in [2.75, 3.05) is 7.11 Å². The fourth-order valence-electron chi connectivity index (χ4n) is 3.74. The molecule has 0 radical (unpaired) electrons. The summed E-state index contributed by atoms with van der Waals surface area (Å²) in [5.74, 6) is 1.42. The van der Waals surface area contributed by atoms with E-state index in [2.05, 4.69) is 16.0 Å². The molecular formula is C28H23N5O. The molecular weight excluding hydrogens is 422 g/mol. The van der Waals surface area contributed by atoms with E-state index in [4.69, 9.17) is 20.4 Å². The molecule has 166 valence electrons. The highest BCUT2D eigenvalue weighted by atomic mass is 16.5. The molecule has 6 nitrogen and oxygen atoms in total. The summed E-state index contributed by atoms with van der Waals surface area (Å²) in [7, 11) is 1.66. The van der Waals surface area contributed by atoms with Gasteiger partial charge >= 0.3 is 0 Å². The fraction of sp³-hybridized carbons (Fsp3) is 0.0714. The summed E-state index contributed by atoms with van der Waals surface area (Å²) in [6.07, 6.45) is 7.14. The quantitative estimate of drug-likeness (QED) is 0.380. The van der Waals surface area contributed by atoms with Crippen molar-refractivity contribution in [2.24, 2.45) is 5.73 Å². The summed E-state index contributed by atoms with van der Waals surface area (Å²) >= 11 is 0. The molecule has 0 fully saturated rings. The molecule has 34 heavy (non-hydrogen) atoms. The summed E-state index contributed by atoms with van der Waals surface area (Å²) in [5.41, 5.74) is 12.8. The van der Waals surface area contributed by atoms with E-state index >= 15 is 0 Å². The molecule has 3 aromatic heterocycles. The zero-order valence-corrected chi connectivity index (χ0v) is 18.7. The smallest absolute Gasteiger partial charge is 0.160 e. The highest BCUT2D eigenvalue weighted by Crippen LogP contribution is 2.29. The van der Waals surface area contributed by atoms with Gasteiger partial charge in [0.05, 0.1) is 24.5 Å². The van der Waals surface area contributed by atoms with Crippen LogP contribution in [0.3, 0.4) is 0 Å². The predicted octanol–water partition coefficient (Wildman–Crippen LogP) is 5.32. The maximum Gasteiger partial charge on any atom is 0.160 e. The van der Waals surface area contributed by atoms with E-state index in [1.807, 2.05) is 85.2 Å². The predicted molar refractivity (Wildman–Crippen MR) is 133 cm³/mol. The number of nitrogens with two attached hydrogens (primary N) is 1. The summed E-state index contributed by atoms with van der Waals surface area (Å²) in [5, 5.41) is 0. The van der Waals surface area contributed by atoms with Crippen LogP contribution >= 0.6 is 0 Å². The largest absolute Gasteiger partial charge is 0.497 e. The third kappa shape index (κ3) is 4.53. The molecule has 1 atom stereocenters. The molecule has 0 saturated heterocycles. The summed E-state index contributed by atoms with van der Waals surface area (Å²) in [6, 6.07) is 25.2. The first-order chi connectivity index (χ1) is 16.7. The maximum absolute atomic E-state index is 6.60. The van der Waals surface area contributed by atoms with E-state index in [1.165, 1.54) is 0 Å². The molecule has 5 rings (SSSR count). The Labute approximate surface area is 198 Å². The second-order valence-electron chi connectivity index (χ2n) is 7.82. The van der Waals surface area contributed by atoms with Crippen LogP contribution in [0.5, 0.6) is 5.75 Å². The van der Waals surface area contributed by atoms with Crippen molar-refractivity contribution in [3.05, 3.63) is 115 Å². The van der Waals surface area contributed by atoms with Crippen LogP contribution in [0.4, 0.5) is 0 Å². The minimum atomic E-state index is -0.435. The lowest BCUT2D eigenvalue weighted by Crippen LogP contribution is -2.15. The van der Waals surface area contributed by atoms with E-state index in [0.29, 0.717) is 11.5 Å². The van der Waals surface area contributed by atoms with Gasteiger partial charge in [0, 0.05) is 41.5 Å². The Morgan fingerprint density at radius 2 is 1.50 bits per heavy atom. The first kappa shape index (κ1) is 21.4. The third-order valence-electron chi connectivity index (χ3n) is 5.60. The number of methoxy groups -OCH3 is 1. The minimum Gasteiger partial charge on any atom is -0.497 e. The first-order valence-corrected chi connectivity index (χ1v) is 10.9. The van der Waals surface area contributed by atoms with E-state index < -0.39 is 6.04 Å². The molecule has 3 heterocycles. The van der Waals surface area contributed by atoms with Gasteiger partial charge in [0.1, 0.15) is 5.75 Å². The average molecular weight is 446 g/mol. The van der Waals surface area contributed by atoms with Gasteiger partial charge in [-0.05, 0) is 41.5 Å². The molecule has 0 spiro atoms. The zero-order chi connectivity index (χ0) is 23.3. The lowest BCUT2D eigenvalue weighted by molar-refractivity contribution is 0.415. The van der Waals surface area contributed by atoms with E-state index in [1.54, 1.807) is 19.5 Å². The standard InChI is InChI=1S/C28H23N5O/c1-34-24-11-9-19(10-12-24)22-14-23(18-31-17-22)25-15-26(27(29)21-8-5-13-30-16-21)33-28(32-25)20-6-3-2-4-7-20/h2-18,27H,29H2,1H3. The minimum absolute atomic E-state index is 0.435. The van der Waals surface area contributed by atoms with Crippen molar-refractivity contribution in [1.82, 2.24) is 19.9 Å². The number of ether oxygens (including phenoxy) is 1. The molecule has 1 unspecified atom stereocenters. The number of hydrogen-bond acceptors (Lipinski definition) is 6. The molecule has 0 amide bonds. The van der Waals surface area contributed by atoms with Gasteiger partial charge in [0.15, 0.2) is 5.82 Å². The number of pyridine rings is 2. The van der Waals surface area contributed by atoms with Crippen LogP contribution in [0.1, 0.15) is 17.3 Å². The van der Waals surface area contributed by atoms with E-state index in [9.17, 15) is 0 Å². The topological polar surface area (TPSA) is 86.8 Å². The van der Waals surface area contributed by atoms with Gasteiger partial charge in [0.25, 0.3) is 0 Å². The van der Waals surface area contributed by atoms with Gasteiger partial charge in [0.2, 0.25) is 0 Å². The Morgan fingerprint density at radius 3 is 2.24 bits per heavy atom. The number of benzene rings is 2. The number of aromatic nitrogens is 4. The maximum atomic E-state index is 6.60. The molecule has 2 aromatic carbocycles. The monoisotopic (exact) mass is 445 g/mol. The molecule has 0 aliphatic heterocycles. The normalized spacial score (nSPS) is 11.7. The zero-order valence-electron chi connectivity index (χ0n) is 18.7. The van der Waals surface area contributed by atoms with Gasteiger partial charge in [-0.3, -0.25) is 9.97 Å². The lowest BCUT2D eigenvalue weighted by atomic mass is 10.0. The number of hydrogen-bond donors (Lipinski definition) is 1. The van der Waals surface area contributed by atoms with Crippen molar-refractivity contribution in [3.8, 4) is 39.5 Å². The Bertz CT molecular complexity index is 1390.